The number of rotatable bonds is 5. The molecule has 1 aliphatic rings. The minimum absolute atomic E-state index is 0.0894. The van der Waals surface area contributed by atoms with Crippen LogP contribution in [-0.4, -0.2) is 16.4 Å². The summed E-state index contributed by atoms with van der Waals surface area (Å²) >= 11 is 5.06. The van der Waals surface area contributed by atoms with E-state index in [4.69, 9.17) is 18.0 Å². The highest BCUT2D eigenvalue weighted by Crippen LogP contribution is 2.30. The van der Waals surface area contributed by atoms with Gasteiger partial charge in [0.25, 0.3) is 0 Å². The Balaban J connectivity index is 2.52. The first-order valence-corrected chi connectivity index (χ1v) is 6.12. The quantitative estimate of drug-likeness (QED) is 0.707. The maximum absolute atomic E-state index is 11.6. The maximum Gasteiger partial charge on any atom is 0.220 e. The smallest absolute Gasteiger partial charge is 0.220 e. The average Bonchev–Trinajstić information content (AvgIpc) is 2.64. The van der Waals surface area contributed by atoms with Crippen molar-refractivity contribution in [2.45, 2.75) is 57.4 Å². The van der Waals surface area contributed by atoms with E-state index in [-0.39, 0.29) is 11.4 Å². The van der Waals surface area contributed by atoms with Gasteiger partial charge >= 0.3 is 0 Å². The Morgan fingerprint density at radius 3 is 2.53 bits per heavy atom. The molecule has 1 fully saturated rings. The SMILES string of the molecule is CCCCC(=O)NC1(C(N)=S)CCCC1. The summed E-state index contributed by atoms with van der Waals surface area (Å²) in [5.41, 5.74) is 5.35. The van der Waals surface area contributed by atoms with Crippen LogP contribution in [0.4, 0.5) is 0 Å². The topological polar surface area (TPSA) is 55.1 Å². The van der Waals surface area contributed by atoms with Gasteiger partial charge in [0.05, 0.1) is 10.5 Å². The maximum atomic E-state index is 11.6. The summed E-state index contributed by atoms with van der Waals surface area (Å²) in [6.07, 6.45) is 6.56. The van der Waals surface area contributed by atoms with E-state index in [2.05, 4.69) is 12.2 Å². The Kier molecular flexibility index (Phi) is 4.51. The fraction of sp³-hybridized carbons (Fsp3) is 0.818. The molecule has 3 nitrogen and oxygen atoms in total. The fourth-order valence-electron chi connectivity index (χ4n) is 2.08. The molecule has 0 heterocycles. The van der Waals surface area contributed by atoms with Crippen molar-refractivity contribution in [3.05, 3.63) is 0 Å². The molecule has 1 aliphatic carbocycles. The molecule has 3 N–H and O–H groups in total. The predicted molar refractivity (Wildman–Crippen MR) is 65.7 cm³/mol. The van der Waals surface area contributed by atoms with E-state index in [1.807, 2.05) is 0 Å². The average molecular weight is 228 g/mol. The zero-order valence-electron chi connectivity index (χ0n) is 9.34. The van der Waals surface area contributed by atoms with E-state index < -0.39 is 0 Å². The lowest BCUT2D eigenvalue weighted by atomic mass is 9.97. The largest absolute Gasteiger partial charge is 0.391 e. The molecule has 0 unspecified atom stereocenters. The van der Waals surface area contributed by atoms with Crippen LogP contribution in [0.2, 0.25) is 0 Å². The number of unbranched alkanes of at least 4 members (excludes halogenated alkanes) is 1. The molecule has 0 aromatic heterocycles. The summed E-state index contributed by atoms with van der Waals surface area (Å²) < 4.78 is 0. The van der Waals surface area contributed by atoms with Crippen LogP contribution in [-0.2, 0) is 4.79 Å². The number of nitrogens with two attached hydrogens (primary N) is 1. The third kappa shape index (κ3) is 3.16. The number of hydrogen-bond donors (Lipinski definition) is 2. The molecular weight excluding hydrogens is 208 g/mol. The van der Waals surface area contributed by atoms with E-state index in [9.17, 15) is 4.79 Å². The lowest BCUT2D eigenvalue weighted by Crippen LogP contribution is -2.54. The molecule has 86 valence electrons. The highest BCUT2D eigenvalue weighted by molar-refractivity contribution is 7.80. The lowest BCUT2D eigenvalue weighted by Gasteiger charge is -2.29. The third-order valence-corrected chi connectivity index (χ3v) is 3.46. The molecule has 15 heavy (non-hydrogen) atoms. The first-order chi connectivity index (χ1) is 7.10. The summed E-state index contributed by atoms with van der Waals surface area (Å²) in [5, 5.41) is 3.02. The van der Waals surface area contributed by atoms with E-state index >= 15 is 0 Å². The molecule has 1 saturated carbocycles. The molecule has 0 saturated heterocycles. The number of hydrogen-bond acceptors (Lipinski definition) is 2. The van der Waals surface area contributed by atoms with Crippen LogP contribution in [0.1, 0.15) is 51.9 Å². The molecule has 0 aromatic rings. The Bertz CT molecular complexity index is 247. The molecule has 1 rings (SSSR count). The standard InChI is InChI=1S/C11H20N2OS/c1-2-3-6-9(14)13-11(10(12)15)7-4-5-8-11/h2-8H2,1H3,(H2,12,15)(H,13,14). The summed E-state index contributed by atoms with van der Waals surface area (Å²) in [6.45, 7) is 2.08. The van der Waals surface area contributed by atoms with Gasteiger partial charge < -0.3 is 11.1 Å². The van der Waals surface area contributed by atoms with Crippen molar-refractivity contribution in [3.63, 3.8) is 0 Å². The van der Waals surface area contributed by atoms with Crippen LogP contribution >= 0.6 is 12.2 Å². The monoisotopic (exact) mass is 228 g/mol. The number of carbonyl (C=O) groups excluding carboxylic acids is 1. The molecule has 0 radical (unpaired) electrons. The van der Waals surface area contributed by atoms with Gasteiger partial charge in [-0.3, -0.25) is 4.79 Å². The van der Waals surface area contributed by atoms with Crippen LogP contribution in [0.3, 0.4) is 0 Å². The number of thiocarbonyl (C=S) groups is 1. The van der Waals surface area contributed by atoms with Gasteiger partial charge in [0.1, 0.15) is 0 Å². The number of nitrogens with one attached hydrogen (secondary N) is 1. The Hall–Kier alpha value is -0.640. The van der Waals surface area contributed by atoms with Crippen molar-refractivity contribution in [2.75, 3.05) is 0 Å². The molecule has 0 atom stereocenters. The van der Waals surface area contributed by atoms with Crippen LogP contribution in [0, 0.1) is 0 Å². The van der Waals surface area contributed by atoms with Gasteiger partial charge in [0, 0.05) is 6.42 Å². The van der Waals surface area contributed by atoms with Gasteiger partial charge in [0.15, 0.2) is 0 Å². The van der Waals surface area contributed by atoms with Gasteiger partial charge in [-0.05, 0) is 19.3 Å². The number of amides is 1. The molecule has 0 aliphatic heterocycles. The van der Waals surface area contributed by atoms with E-state index in [1.54, 1.807) is 0 Å². The first kappa shape index (κ1) is 12.4. The van der Waals surface area contributed by atoms with Crippen LogP contribution in [0.5, 0.6) is 0 Å². The molecule has 0 bridgehead atoms. The van der Waals surface area contributed by atoms with Crippen molar-refractivity contribution < 1.29 is 4.79 Å². The minimum Gasteiger partial charge on any atom is -0.391 e. The van der Waals surface area contributed by atoms with Crippen molar-refractivity contribution in [1.82, 2.24) is 5.32 Å². The Morgan fingerprint density at radius 2 is 2.07 bits per heavy atom. The highest BCUT2D eigenvalue weighted by Gasteiger charge is 2.37. The van der Waals surface area contributed by atoms with Crippen LogP contribution < -0.4 is 11.1 Å². The van der Waals surface area contributed by atoms with Gasteiger partial charge in [-0.15, -0.1) is 0 Å². The van der Waals surface area contributed by atoms with Crippen molar-refractivity contribution in [1.29, 1.82) is 0 Å². The van der Waals surface area contributed by atoms with Gasteiger partial charge in [0.2, 0.25) is 5.91 Å². The summed E-state index contributed by atoms with van der Waals surface area (Å²) in [6, 6.07) is 0. The van der Waals surface area contributed by atoms with Gasteiger partial charge in [-0.1, -0.05) is 38.4 Å². The second-order valence-electron chi connectivity index (χ2n) is 4.31. The zero-order valence-corrected chi connectivity index (χ0v) is 10.2. The lowest BCUT2D eigenvalue weighted by molar-refractivity contribution is -0.122. The van der Waals surface area contributed by atoms with Crippen LogP contribution in [0.15, 0.2) is 0 Å². The number of carbonyl (C=O) groups is 1. The molecule has 0 aromatic carbocycles. The minimum atomic E-state index is -0.375. The molecule has 1 amide bonds. The van der Waals surface area contributed by atoms with Crippen molar-refractivity contribution in [2.24, 2.45) is 5.73 Å². The fourth-order valence-corrected chi connectivity index (χ4v) is 2.33. The Labute approximate surface area is 96.8 Å². The van der Waals surface area contributed by atoms with E-state index in [0.717, 1.165) is 38.5 Å². The van der Waals surface area contributed by atoms with Crippen molar-refractivity contribution >= 4 is 23.1 Å². The third-order valence-electron chi connectivity index (χ3n) is 3.06. The molecule has 4 heteroatoms. The highest BCUT2D eigenvalue weighted by atomic mass is 32.1. The van der Waals surface area contributed by atoms with Gasteiger partial charge in [-0.25, -0.2) is 0 Å². The zero-order chi connectivity index (χ0) is 11.3. The molecular formula is C11H20N2OS. The van der Waals surface area contributed by atoms with E-state index in [0.29, 0.717) is 11.4 Å². The predicted octanol–water partition coefficient (Wildman–Crippen LogP) is 1.89. The van der Waals surface area contributed by atoms with Crippen molar-refractivity contribution in [3.8, 4) is 0 Å². The normalized spacial score (nSPS) is 18.7. The second kappa shape index (κ2) is 5.45. The first-order valence-electron chi connectivity index (χ1n) is 5.71. The van der Waals surface area contributed by atoms with E-state index in [1.165, 1.54) is 0 Å². The summed E-state index contributed by atoms with van der Waals surface area (Å²) in [4.78, 5) is 12.1. The van der Waals surface area contributed by atoms with Crippen LogP contribution in [0.25, 0.3) is 0 Å². The van der Waals surface area contributed by atoms with Gasteiger partial charge in [-0.2, -0.15) is 0 Å². The second-order valence-corrected chi connectivity index (χ2v) is 4.75. The Morgan fingerprint density at radius 1 is 1.47 bits per heavy atom. The summed E-state index contributed by atoms with van der Waals surface area (Å²) in [7, 11) is 0. The molecule has 0 spiro atoms. The summed E-state index contributed by atoms with van der Waals surface area (Å²) in [5.74, 6) is 0.0894.